The first-order chi connectivity index (χ1) is 14.4. The molecule has 0 fully saturated rings. The Labute approximate surface area is 174 Å². The number of urea groups is 1. The molecule has 2 amide bonds. The SMILES string of the molecule is Cc1cccc(-c2noc(CN(C)C(=O)NCCC(C)n3ccnc3)n2)c1.O=CO. The number of rotatable bonds is 7. The zero-order valence-electron chi connectivity index (χ0n) is 17.2. The molecule has 0 bridgehead atoms. The van der Waals surface area contributed by atoms with Crippen LogP contribution in [-0.4, -0.2) is 55.8 Å². The molecule has 0 radical (unpaired) electrons. The Morgan fingerprint density at radius 3 is 2.87 bits per heavy atom. The molecule has 2 aromatic heterocycles. The summed E-state index contributed by atoms with van der Waals surface area (Å²) in [7, 11) is 1.70. The highest BCUT2D eigenvalue weighted by Gasteiger charge is 2.15. The second kappa shape index (κ2) is 11.3. The van der Waals surface area contributed by atoms with E-state index < -0.39 is 0 Å². The summed E-state index contributed by atoms with van der Waals surface area (Å²) in [6, 6.07) is 7.97. The van der Waals surface area contributed by atoms with Crippen molar-refractivity contribution in [3.63, 3.8) is 0 Å². The molecule has 2 N–H and O–H groups in total. The minimum absolute atomic E-state index is 0.178. The van der Waals surface area contributed by atoms with Crippen LogP contribution in [0.25, 0.3) is 11.4 Å². The quantitative estimate of drug-likeness (QED) is 0.569. The molecule has 10 nitrogen and oxygen atoms in total. The van der Waals surface area contributed by atoms with Gasteiger partial charge in [0.2, 0.25) is 11.7 Å². The molecule has 0 aliphatic heterocycles. The third kappa shape index (κ3) is 6.73. The lowest BCUT2D eigenvalue weighted by Gasteiger charge is -2.17. The summed E-state index contributed by atoms with van der Waals surface area (Å²) in [6.45, 7) is 4.67. The minimum Gasteiger partial charge on any atom is -0.483 e. The number of nitrogens with one attached hydrogen (secondary N) is 1. The van der Waals surface area contributed by atoms with E-state index in [9.17, 15) is 4.79 Å². The summed E-state index contributed by atoms with van der Waals surface area (Å²) in [4.78, 5) is 30.5. The Balaban J connectivity index is 0.00000101. The zero-order valence-corrected chi connectivity index (χ0v) is 17.2. The first-order valence-corrected chi connectivity index (χ1v) is 9.38. The van der Waals surface area contributed by atoms with Gasteiger partial charge in [0, 0.05) is 37.6 Å². The smallest absolute Gasteiger partial charge is 0.317 e. The summed E-state index contributed by atoms with van der Waals surface area (Å²) in [5.74, 6) is 0.924. The monoisotopic (exact) mass is 414 g/mol. The van der Waals surface area contributed by atoms with Crippen molar-refractivity contribution in [2.45, 2.75) is 32.9 Å². The normalized spacial score (nSPS) is 11.2. The minimum atomic E-state index is -0.250. The Kier molecular flexibility index (Phi) is 8.55. The third-order valence-electron chi connectivity index (χ3n) is 4.34. The second-order valence-electron chi connectivity index (χ2n) is 6.72. The third-order valence-corrected chi connectivity index (χ3v) is 4.34. The van der Waals surface area contributed by atoms with Gasteiger partial charge < -0.3 is 24.4 Å². The van der Waals surface area contributed by atoms with Crippen molar-refractivity contribution in [3.05, 3.63) is 54.4 Å². The fraction of sp³-hybridized carbons (Fsp3) is 0.350. The number of carbonyl (C=O) groups is 2. The number of carboxylic acid groups (broad SMARTS) is 1. The van der Waals surface area contributed by atoms with Crippen LogP contribution in [0.5, 0.6) is 0 Å². The fourth-order valence-corrected chi connectivity index (χ4v) is 2.70. The van der Waals surface area contributed by atoms with Crippen molar-refractivity contribution in [2.24, 2.45) is 0 Å². The molecule has 1 atom stereocenters. The van der Waals surface area contributed by atoms with Crippen molar-refractivity contribution in [1.82, 2.24) is 29.9 Å². The van der Waals surface area contributed by atoms with Gasteiger partial charge in [0.05, 0.1) is 6.33 Å². The van der Waals surface area contributed by atoms with Crippen LogP contribution in [-0.2, 0) is 11.3 Å². The van der Waals surface area contributed by atoms with Crippen molar-refractivity contribution in [3.8, 4) is 11.4 Å². The lowest BCUT2D eigenvalue weighted by Crippen LogP contribution is -2.37. The van der Waals surface area contributed by atoms with Gasteiger partial charge in [-0.1, -0.05) is 28.9 Å². The molecule has 0 aliphatic carbocycles. The van der Waals surface area contributed by atoms with E-state index in [1.807, 2.05) is 42.0 Å². The molecule has 3 aromatic rings. The Morgan fingerprint density at radius 1 is 1.43 bits per heavy atom. The van der Waals surface area contributed by atoms with Crippen LogP contribution in [0.2, 0.25) is 0 Å². The lowest BCUT2D eigenvalue weighted by atomic mass is 10.1. The Hall–Kier alpha value is -3.69. The van der Waals surface area contributed by atoms with E-state index in [0.29, 0.717) is 18.3 Å². The maximum absolute atomic E-state index is 12.2. The van der Waals surface area contributed by atoms with Gasteiger partial charge in [-0.2, -0.15) is 4.98 Å². The molecule has 160 valence electrons. The van der Waals surface area contributed by atoms with Crippen LogP contribution >= 0.6 is 0 Å². The van der Waals surface area contributed by atoms with E-state index >= 15 is 0 Å². The number of benzene rings is 1. The van der Waals surface area contributed by atoms with Crippen LogP contribution < -0.4 is 5.32 Å². The molecule has 2 heterocycles. The highest BCUT2D eigenvalue weighted by atomic mass is 16.5. The summed E-state index contributed by atoms with van der Waals surface area (Å²) >= 11 is 0. The van der Waals surface area contributed by atoms with Crippen molar-refractivity contribution in [2.75, 3.05) is 13.6 Å². The van der Waals surface area contributed by atoms with Crippen LogP contribution in [0.15, 0.2) is 47.5 Å². The van der Waals surface area contributed by atoms with E-state index in [4.69, 9.17) is 14.4 Å². The predicted molar refractivity (Wildman–Crippen MR) is 110 cm³/mol. The van der Waals surface area contributed by atoms with Gasteiger partial charge in [0.1, 0.15) is 6.54 Å². The number of amides is 2. The van der Waals surface area contributed by atoms with Gasteiger partial charge in [0.15, 0.2) is 0 Å². The van der Waals surface area contributed by atoms with Gasteiger partial charge in [-0.15, -0.1) is 0 Å². The standard InChI is InChI=1S/C19H24N6O2.CH2O2/c1-14-5-4-6-16(11-14)18-22-17(27-23-18)12-24(3)19(26)21-8-7-15(2)25-10-9-20-13-25;2-1-3/h4-6,9-11,13,15H,7-8,12H2,1-3H3,(H,21,26);1H,(H,2,3). The van der Waals surface area contributed by atoms with Crippen LogP contribution in [0.1, 0.15) is 30.8 Å². The first kappa shape index (κ1) is 22.6. The van der Waals surface area contributed by atoms with Crippen LogP contribution in [0.4, 0.5) is 4.79 Å². The molecule has 1 aromatic carbocycles. The topological polar surface area (TPSA) is 126 Å². The van der Waals surface area contributed by atoms with Gasteiger partial charge in [0.25, 0.3) is 6.47 Å². The zero-order chi connectivity index (χ0) is 21.9. The molecular weight excluding hydrogens is 388 g/mol. The maximum atomic E-state index is 12.2. The molecule has 0 saturated carbocycles. The maximum Gasteiger partial charge on any atom is 0.317 e. The van der Waals surface area contributed by atoms with E-state index in [1.165, 1.54) is 4.90 Å². The second-order valence-corrected chi connectivity index (χ2v) is 6.72. The molecule has 0 spiro atoms. The molecule has 30 heavy (non-hydrogen) atoms. The molecular formula is C20H26N6O4. The van der Waals surface area contributed by atoms with Gasteiger partial charge in [-0.25, -0.2) is 9.78 Å². The van der Waals surface area contributed by atoms with Gasteiger partial charge in [-0.05, 0) is 26.3 Å². The number of imidazole rings is 1. The number of hydrogen-bond acceptors (Lipinski definition) is 6. The molecule has 1 unspecified atom stereocenters. The first-order valence-electron chi connectivity index (χ1n) is 9.38. The number of aromatic nitrogens is 4. The summed E-state index contributed by atoms with van der Waals surface area (Å²) < 4.78 is 7.29. The highest BCUT2D eigenvalue weighted by molar-refractivity contribution is 5.73. The molecule has 0 saturated heterocycles. The number of carbonyl (C=O) groups excluding carboxylic acids is 1. The molecule has 10 heteroatoms. The van der Waals surface area contributed by atoms with Crippen LogP contribution in [0, 0.1) is 6.92 Å². The summed E-state index contributed by atoms with van der Waals surface area (Å²) in [6.07, 6.45) is 6.26. The Morgan fingerprint density at radius 2 is 2.20 bits per heavy atom. The van der Waals surface area contributed by atoms with Crippen molar-refractivity contribution < 1.29 is 19.2 Å². The predicted octanol–water partition coefficient (Wildman–Crippen LogP) is 2.74. The molecule has 3 rings (SSSR count). The lowest BCUT2D eigenvalue weighted by molar-refractivity contribution is -0.122. The largest absolute Gasteiger partial charge is 0.483 e. The van der Waals surface area contributed by atoms with E-state index in [1.54, 1.807) is 19.6 Å². The molecule has 0 aliphatic rings. The van der Waals surface area contributed by atoms with Gasteiger partial charge >= 0.3 is 6.03 Å². The Bertz CT molecular complexity index is 925. The summed E-state index contributed by atoms with van der Waals surface area (Å²) in [5.41, 5.74) is 2.02. The van der Waals surface area contributed by atoms with Crippen molar-refractivity contribution >= 4 is 12.5 Å². The average molecular weight is 414 g/mol. The van der Waals surface area contributed by atoms with E-state index in [0.717, 1.165) is 17.5 Å². The van der Waals surface area contributed by atoms with Crippen molar-refractivity contribution in [1.29, 1.82) is 0 Å². The number of hydrogen-bond donors (Lipinski definition) is 2. The fourth-order valence-electron chi connectivity index (χ4n) is 2.70. The number of aryl methyl sites for hydroxylation is 1. The number of nitrogens with zero attached hydrogens (tertiary/aromatic N) is 5. The average Bonchev–Trinajstić information content (AvgIpc) is 3.41. The van der Waals surface area contributed by atoms with Crippen LogP contribution in [0.3, 0.4) is 0 Å². The van der Waals surface area contributed by atoms with E-state index in [2.05, 4.69) is 27.4 Å². The summed E-state index contributed by atoms with van der Waals surface area (Å²) in [5, 5.41) is 13.8. The van der Waals surface area contributed by atoms with E-state index in [-0.39, 0.29) is 25.1 Å². The highest BCUT2D eigenvalue weighted by Crippen LogP contribution is 2.17. The van der Waals surface area contributed by atoms with Gasteiger partial charge in [-0.3, -0.25) is 4.79 Å².